The van der Waals surface area contributed by atoms with Gasteiger partial charge in [-0.2, -0.15) is 0 Å². The van der Waals surface area contributed by atoms with Gasteiger partial charge in [-0.3, -0.25) is 9.59 Å². The third kappa shape index (κ3) is 4.71. The first kappa shape index (κ1) is 16.8. The Labute approximate surface area is 132 Å². The monoisotopic (exact) mass is 321 g/mol. The summed E-state index contributed by atoms with van der Waals surface area (Å²) in [5.74, 6) is -1.15. The van der Waals surface area contributed by atoms with Gasteiger partial charge in [0.25, 0.3) is 0 Å². The van der Waals surface area contributed by atoms with Crippen molar-refractivity contribution in [3.05, 3.63) is 18.9 Å². The van der Waals surface area contributed by atoms with Gasteiger partial charge in [-0.25, -0.2) is 15.0 Å². The van der Waals surface area contributed by atoms with E-state index in [4.69, 9.17) is 15.2 Å². The van der Waals surface area contributed by atoms with Crippen LogP contribution in [0.2, 0.25) is 0 Å². The molecule has 2 heterocycles. The minimum absolute atomic E-state index is 0.0748. The lowest BCUT2D eigenvalue weighted by molar-refractivity contribution is -0.146. The molecule has 0 bridgehead atoms. The number of nitrogens with zero attached hydrogens (tertiary/aromatic N) is 4. The van der Waals surface area contributed by atoms with Gasteiger partial charge in [0.2, 0.25) is 0 Å². The molecule has 0 aliphatic heterocycles. The van der Waals surface area contributed by atoms with Crippen molar-refractivity contribution in [2.45, 2.75) is 26.4 Å². The molecule has 0 aromatic carbocycles. The third-order valence-corrected chi connectivity index (χ3v) is 3.30. The zero-order chi connectivity index (χ0) is 16.8. The van der Waals surface area contributed by atoms with Crippen molar-refractivity contribution < 1.29 is 19.1 Å². The van der Waals surface area contributed by atoms with Crippen molar-refractivity contribution in [1.82, 2.24) is 19.5 Å². The van der Waals surface area contributed by atoms with Crippen molar-refractivity contribution in [2.75, 3.05) is 13.2 Å². The van der Waals surface area contributed by atoms with Crippen LogP contribution in [0.25, 0.3) is 11.2 Å². The highest BCUT2D eigenvalue weighted by molar-refractivity contribution is 5.68. The molecule has 0 aliphatic carbocycles. The van der Waals surface area contributed by atoms with E-state index >= 15 is 0 Å². The van der Waals surface area contributed by atoms with E-state index in [-0.39, 0.29) is 19.1 Å². The van der Waals surface area contributed by atoms with Crippen molar-refractivity contribution in [3.63, 3.8) is 0 Å². The highest BCUT2D eigenvalue weighted by Crippen LogP contribution is 2.12. The normalized spacial score (nSPS) is 12.3. The van der Waals surface area contributed by atoms with E-state index < -0.39 is 18.0 Å². The fourth-order valence-corrected chi connectivity index (χ4v) is 2.07. The van der Waals surface area contributed by atoms with E-state index in [1.165, 1.54) is 20.2 Å². The Morgan fingerprint density at radius 3 is 2.48 bits per heavy atom. The summed E-state index contributed by atoms with van der Waals surface area (Å²) in [6, 6.07) is -0.416. The molecule has 0 saturated carbocycles. The first-order valence-electron chi connectivity index (χ1n) is 7.10. The molecule has 0 spiro atoms. The average Bonchev–Trinajstić information content (AvgIpc) is 2.90. The Morgan fingerprint density at radius 1 is 1.22 bits per heavy atom. The van der Waals surface area contributed by atoms with Crippen molar-refractivity contribution in [3.8, 4) is 0 Å². The first-order chi connectivity index (χ1) is 11.0. The van der Waals surface area contributed by atoms with E-state index in [0.29, 0.717) is 17.7 Å². The number of ether oxygens (including phenoxy) is 2. The maximum absolute atomic E-state index is 11.0. The van der Waals surface area contributed by atoms with E-state index in [9.17, 15) is 9.59 Å². The van der Waals surface area contributed by atoms with Crippen LogP contribution < -0.4 is 5.73 Å². The van der Waals surface area contributed by atoms with Gasteiger partial charge in [-0.15, -0.1) is 0 Å². The molecule has 0 radical (unpaired) electrons. The lowest BCUT2D eigenvalue weighted by Crippen LogP contribution is -2.40. The summed E-state index contributed by atoms with van der Waals surface area (Å²) in [6.45, 7) is 3.17. The molecule has 0 aliphatic rings. The summed E-state index contributed by atoms with van der Waals surface area (Å²) < 4.78 is 11.8. The highest BCUT2D eigenvalue weighted by atomic mass is 16.5. The fraction of sp³-hybridized carbons (Fsp3) is 0.500. The molecule has 2 rings (SSSR count). The molecule has 2 aromatic heterocycles. The molecule has 0 fully saturated rings. The number of carbonyl (C=O) groups is 2. The first-order valence-corrected chi connectivity index (χ1v) is 7.10. The number of imidazole rings is 1. The lowest BCUT2D eigenvalue weighted by atomic mass is 10.0. The predicted octanol–water partition coefficient (Wildman–Crippen LogP) is -0.104. The summed E-state index contributed by atoms with van der Waals surface area (Å²) in [4.78, 5) is 34.3. The SMILES string of the molecule is CC(=O)OCC(COC(C)=O)C(N)Cn1cnc2cncnc21. The van der Waals surface area contributed by atoms with Crippen LogP contribution in [0.1, 0.15) is 13.8 Å². The zero-order valence-electron chi connectivity index (χ0n) is 13.0. The van der Waals surface area contributed by atoms with Gasteiger partial charge >= 0.3 is 11.9 Å². The molecule has 0 amide bonds. The van der Waals surface area contributed by atoms with Crippen LogP contribution >= 0.6 is 0 Å². The Morgan fingerprint density at radius 2 is 1.87 bits per heavy atom. The molecule has 1 atom stereocenters. The summed E-state index contributed by atoms with van der Waals surface area (Å²) >= 11 is 0. The second-order valence-corrected chi connectivity index (χ2v) is 5.16. The van der Waals surface area contributed by atoms with E-state index in [2.05, 4.69) is 15.0 Å². The average molecular weight is 321 g/mol. The van der Waals surface area contributed by atoms with Crippen molar-refractivity contribution in [2.24, 2.45) is 11.7 Å². The predicted molar refractivity (Wildman–Crippen MR) is 80.1 cm³/mol. The molecular weight excluding hydrogens is 302 g/mol. The largest absolute Gasteiger partial charge is 0.465 e. The van der Waals surface area contributed by atoms with Gasteiger partial charge in [-0.05, 0) is 0 Å². The Hall–Kier alpha value is -2.55. The van der Waals surface area contributed by atoms with Crippen LogP contribution in [0.15, 0.2) is 18.9 Å². The van der Waals surface area contributed by atoms with Crippen LogP contribution in [-0.4, -0.2) is 50.7 Å². The molecular formula is C14H19N5O4. The van der Waals surface area contributed by atoms with Gasteiger partial charge in [0.15, 0.2) is 5.65 Å². The molecule has 9 nitrogen and oxygen atoms in total. The maximum atomic E-state index is 11.0. The smallest absolute Gasteiger partial charge is 0.302 e. The van der Waals surface area contributed by atoms with Crippen molar-refractivity contribution in [1.29, 1.82) is 0 Å². The van der Waals surface area contributed by atoms with Gasteiger partial charge in [0, 0.05) is 32.4 Å². The Kier molecular flexibility index (Phi) is 5.58. The molecule has 1 unspecified atom stereocenters. The number of aromatic nitrogens is 4. The lowest BCUT2D eigenvalue weighted by Gasteiger charge is -2.23. The number of hydrogen-bond donors (Lipinski definition) is 1. The molecule has 9 heteroatoms. The second kappa shape index (κ2) is 7.63. The third-order valence-electron chi connectivity index (χ3n) is 3.30. The molecule has 2 N–H and O–H groups in total. The molecule has 0 saturated heterocycles. The number of carbonyl (C=O) groups excluding carboxylic acids is 2. The Bertz CT molecular complexity index is 669. The van der Waals surface area contributed by atoms with Crippen LogP contribution in [0.3, 0.4) is 0 Å². The summed E-state index contributed by atoms with van der Waals surface area (Å²) in [5.41, 5.74) is 7.52. The van der Waals surface area contributed by atoms with E-state index in [1.54, 1.807) is 17.1 Å². The van der Waals surface area contributed by atoms with Gasteiger partial charge < -0.3 is 19.8 Å². The molecule has 124 valence electrons. The summed E-state index contributed by atoms with van der Waals surface area (Å²) in [5, 5.41) is 0. The van der Waals surface area contributed by atoms with Crippen molar-refractivity contribution >= 4 is 23.1 Å². The number of hydrogen-bond acceptors (Lipinski definition) is 8. The van der Waals surface area contributed by atoms with Crippen LogP contribution in [0.4, 0.5) is 0 Å². The van der Waals surface area contributed by atoms with Gasteiger partial charge in [0.1, 0.15) is 11.8 Å². The minimum atomic E-state index is -0.416. The Balaban J connectivity index is 2.07. The van der Waals surface area contributed by atoms with Crippen LogP contribution in [0, 0.1) is 5.92 Å². The number of esters is 2. The van der Waals surface area contributed by atoms with Crippen LogP contribution in [-0.2, 0) is 25.6 Å². The fourth-order valence-electron chi connectivity index (χ4n) is 2.07. The quantitative estimate of drug-likeness (QED) is 0.701. The summed E-state index contributed by atoms with van der Waals surface area (Å²) in [6.07, 6.45) is 4.66. The summed E-state index contributed by atoms with van der Waals surface area (Å²) in [7, 11) is 0. The van der Waals surface area contributed by atoms with Crippen LogP contribution in [0.5, 0.6) is 0 Å². The zero-order valence-corrected chi connectivity index (χ0v) is 13.0. The maximum Gasteiger partial charge on any atom is 0.302 e. The van der Waals surface area contributed by atoms with E-state index in [1.807, 2.05) is 0 Å². The standard InChI is InChI=1S/C14H19N5O4/c1-9(20)22-5-11(6-23-10(2)21)12(15)4-19-8-18-13-3-16-7-17-14(13)19/h3,7-8,11-12H,4-6,15H2,1-2H3. The van der Waals surface area contributed by atoms with Gasteiger partial charge in [0.05, 0.1) is 25.7 Å². The van der Waals surface area contributed by atoms with Gasteiger partial charge in [-0.1, -0.05) is 0 Å². The van der Waals surface area contributed by atoms with E-state index in [0.717, 1.165) is 0 Å². The minimum Gasteiger partial charge on any atom is -0.465 e. The molecule has 23 heavy (non-hydrogen) atoms. The molecule has 2 aromatic rings. The number of fused-ring (bicyclic) bond motifs is 1. The highest BCUT2D eigenvalue weighted by Gasteiger charge is 2.22. The second-order valence-electron chi connectivity index (χ2n) is 5.16. The number of nitrogens with two attached hydrogens (primary N) is 1. The topological polar surface area (TPSA) is 122 Å². The number of rotatable bonds is 7.